The second kappa shape index (κ2) is 4.24. The first-order chi connectivity index (χ1) is 6.88. The molecule has 1 heterocycles. The van der Waals surface area contributed by atoms with Crippen LogP contribution in [0.3, 0.4) is 0 Å². The Morgan fingerprint density at radius 3 is 2.29 bits per heavy atom. The molecule has 2 aliphatic rings. The van der Waals surface area contributed by atoms with Crippen molar-refractivity contribution in [3.63, 3.8) is 0 Å². The van der Waals surface area contributed by atoms with Crippen LogP contribution in [-0.2, 0) is 6.42 Å². The van der Waals surface area contributed by atoms with Gasteiger partial charge in [-0.3, -0.25) is 0 Å². The summed E-state index contributed by atoms with van der Waals surface area (Å²) in [4.78, 5) is 3.94. The van der Waals surface area contributed by atoms with Crippen LogP contribution in [0.15, 0.2) is 35.8 Å². The molecule has 2 nitrogen and oxygen atoms in total. The van der Waals surface area contributed by atoms with Crippen LogP contribution < -0.4 is 5.32 Å². The molecule has 1 N–H and O–H groups in total. The number of nitrogens with zero attached hydrogens (tertiary/aromatic N) is 1. The normalized spacial score (nSPS) is 10.9. The second-order valence-electron chi connectivity index (χ2n) is 3.08. The molecule has 0 fully saturated rings. The first kappa shape index (κ1) is 9.21. The van der Waals surface area contributed by atoms with Gasteiger partial charge in [0.15, 0.2) is 5.13 Å². The summed E-state index contributed by atoms with van der Waals surface area (Å²) in [6.07, 6.45) is 2.99. The standard InChI is InChI=1S/C7H6.C4H6N2S/c1-2-6-4-7(3-1)5-6;1-5-4-6-2-3-7-4/h1-4H,5H2;2-3H,1H3,(H,5,6). The van der Waals surface area contributed by atoms with Crippen molar-refractivity contribution in [3.05, 3.63) is 47.0 Å². The first-order valence-electron chi connectivity index (χ1n) is 4.53. The van der Waals surface area contributed by atoms with Gasteiger partial charge in [0.1, 0.15) is 0 Å². The Balaban J connectivity index is 0.000000107. The first-order valence-corrected chi connectivity index (χ1v) is 5.41. The molecule has 2 aromatic rings. The van der Waals surface area contributed by atoms with Crippen molar-refractivity contribution in [1.29, 1.82) is 0 Å². The second-order valence-corrected chi connectivity index (χ2v) is 3.98. The maximum atomic E-state index is 3.94. The maximum Gasteiger partial charge on any atom is 0.182 e. The Hall–Kier alpha value is -1.35. The molecule has 2 aliphatic carbocycles. The molecule has 0 atom stereocenters. The van der Waals surface area contributed by atoms with E-state index in [-0.39, 0.29) is 0 Å². The summed E-state index contributed by atoms with van der Waals surface area (Å²) in [5.74, 6) is 0. The molecule has 0 saturated carbocycles. The summed E-state index contributed by atoms with van der Waals surface area (Å²) in [5, 5.41) is 5.82. The third-order valence-corrected chi connectivity index (χ3v) is 2.84. The number of rotatable bonds is 1. The van der Waals surface area contributed by atoms with Crippen molar-refractivity contribution in [2.45, 2.75) is 6.42 Å². The average molecular weight is 204 g/mol. The lowest BCUT2D eigenvalue weighted by Crippen LogP contribution is -1.97. The van der Waals surface area contributed by atoms with E-state index in [1.807, 2.05) is 12.4 Å². The number of aromatic nitrogens is 1. The number of thiazole rings is 1. The Labute approximate surface area is 87.6 Å². The lowest BCUT2D eigenvalue weighted by atomic mass is 9.94. The number of hydrogen-bond acceptors (Lipinski definition) is 3. The molecule has 0 aliphatic heterocycles. The van der Waals surface area contributed by atoms with Gasteiger partial charge in [0, 0.05) is 18.6 Å². The number of fused-ring (bicyclic) bond motifs is 2. The van der Waals surface area contributed by atoms with Crippen molar-refractivity contribution in [2.75, 3.05) is 12.4 Å². The lowest BCUT2D eigenvalue weighted by Gasteiger charge is -2.11. The zero-order valence-electron chi connectivity index (χ0n) is 8.03. The van der Waals surface area contributed by atoms with Crippen LogP contribution in [-0.4, -0.2) is 12.0 Å². The van der Waals surface area contributed by atoms with E-state index in [0.29, 0.717) is 0 Å². The molecule has 3 heteroatoms. The van der Waals surface area contributed by atoms with E-state index in [4.69, 9.17) is 0 Å². The Morgan fingerprint density at radius 2 is 2.07 bits per heavy atom. The van der Waals surface area contributed by atoms with Gasteiger partial charge in [-0.1, -0.05) is 24.3 Å². The van der Waals surface area contributed by atoms with Gasteiger partial charge in [-0.15, -0.1) is 11.3 Å². The molecule has 0 amide bonds. The van der Waals surface area contributed by atoms with Gasteiger partial charge in [0.05, 0.1) is 0 Å². The van der Waals surface area contributed by atoms with E-state index >= 15 is 0 Å². The van der Waals surface area contributed by atoms with Crippen LogP contribution in [0.2, 0.25) is 0 Å². The van der Waals surface area contributed by atoms with Crippen molar-refractivity contribution in [2.24, 2.45) is 0 Å². The Bertz CT molecular complexity index is 371. The fraction of sp³-hybridized carbons (Fsp3) is 0.182. The SMILES string of the molecule is CNc1nccs1.c1cc2cc(c1)C2. The maximum absolute atomic E-state index is 3.94. The van der Waals surface area contributed by atoms with Crippen LogP contribution >= 0.6 is 11.3 Å². The van der Waals surface area contributed by atoms with Crippen LogP contribution in [0.25, 0.3) is 0 Å². The number of nitrogens with one attached hydrogen (secondary N) is 1. The average Bonchev–Trinajstić information content (AvgIpc) is 2.71. The third kappa shape index (κ3) is 2.12. The van der Waals surface area contributed by atoms with Crippen molar-refractivity contribution in [3.8, 4) is 0 Å². The molecule has 4 rings (SSSR count). The predicted octanol–water partition coefficient (Wildman–Crippen LogP) is 2.78. The smallest absolute Gasteiger partial charge is 0.182 e. The molecular formula is C11H12N2S. The Morgan fingerprint density at radius 1 is 1.36 bits per heavy atom. The highest BCUT2D eigenvalue weighted by Gasteiger charge is 2.04. The highest BCUT2D eigenvalue weighted by molar-refractivity contribution is 7.13. The molecule has 2 bridgehead atoms. The van der Waals surface area contributed by atoms with Gasteiger partial charge in [-0.25, -0.2) is 4.98 Å². The minimum atomic E-state index is 0.972. The zero-order valence-corrected chi connectivity index (χ0v) is 8.84. The van der Waals surface area contributed by atoms with E-state index in [2.05, 4.69) is 34.6 Å². The fourth-order valence-corrected chi connectivity index (χ4v) is 1.79. The van der Waals surface area contributed by atoms with Gasteiger partial charge in [0.25, 0.3) is 0 Å². The predicted molar refractivity (Wildman–Crippen MR) is 60.9 cm³/mol. The highest BCUT2D eigenvalue weighted by Crippen LogP contribution is 2.18. The van der Waals surface area contributed by atoms with Gasteiger partial charge < -0.3 is 5.32 Å². The van der Waals surface area contributed by atoms with Crippen molar-refractivity contribution in [1.82, 2.24) is 4.98 Å². The molecule has 1 aromatic carbocycles. The minimum absolute atomic E-state index is 0.972. The molecule has 0 radical (unpaired) electrons. The molecule has 0 spiro atoms. The summed E-state index contributed by atoms with van der Waals surface area (Å²) in [5.41, 5.74) is 2.97. The fourth-order valence-electron chi connectivity index (χ4n) is 1.30. The minimum Gasteiger partial charge on any atom is -0.365 e. The molecule has 0 unspecified atom stereocenters. The zero-order chi connectivity index (χ0) is 9.80. The van der Waals surface area contributed by atoms with E-state index in [9.17, 15) is 0 Å². The molecule has 14 heavy (non-hydrogen) atoms. The number of hydrogen-bond donors (Lipinski definition) is 1. The Kier molecular flexibility index (Phi) is 2.79. The summed E-state index contributed by atoms with van der Waals surface area (Å²) in [6.45, 7) is 0. The molecule has 72 valence electrons. The molecule has 0 saturated heterocycles. The quantitative estimate of drug-likeness (QED) is 0.659. The van der Waals surface area contributed by atoms with E-state index in [0.717, 1.165) is 5.13 Å². The summed E-state index contributed by atoms with van der Waals surface area (Å²) in [6, 6.07) is 8.65. The van der Waals surface area contributed by atoms with Crippen molar-refractivity contribution < 1.29 is 0 Å². The monoisotopic (exact) mass is 204 g/mol. The number of benzene rings is 1. The number of anilines is 1. The van der Waals surface area contributed by atoms with Gasteiger partial charge in [0.2, 0.25) is 0 Å². The van der Waals surface area contributed by atoms with E-state index in [1.165, 1.54) is 17.5 Å². The summed E-state index contributed by atoms with van der Waals surface area (Å²) < 4.78 is 0. The third-order valence-electron chi connectivity index (χ3n) is 2.05. The van der Waals surface area contributed by atoms with Crippen LogP contribution in [0.4, 0.5) is 5.13 Å². The topological polar surface area (TPSA) is 24.9 Å². The lowest BCUT2D eigenvalue weighted by molar-refractivity contribution is 1.09. The van der Waals surface area contributed by atoms with Gasteiger partial charge in [-0.2, -0.15) is 0 Å². The largest absolute Gasteiger partial charge is 0.365 e. The highest BCUT2D eigenvalue weighted by atomic mass is 32.1. The summed E-state index contributed by atoms with van der Waals surface area (Å²) >= 11 is 1.60. The van der Waals surface area contributed by atoms with Crippen LogP contribution in [0.1, 0.15) is 11.1 Å². The van der Waals surface area contributed by atoms with Crippen LogP contribution in [0.5, 0.6) is 0 Å². The molecular weight excluding hydrogens is 192 g/mol. The van der Waals surface area contributed by atoms with E-state index in [1.54, 1.807) is 17.5 Å². The van der Waals surface area contributed by atoms with Gasteiger partial charge in [-0.05, 0) is 17.5 Å². The van der Waals surface area contributed by atoms with Gasteiger partial charge >= 0.3 is 0 Å². The van der Waals surface area contributed by atoms with E-state index < -0.39 is 0 Å². The van der Waals surface area contributed by atoms with Crippen molar-refractivity contribution >= 4 is 16.5 Å². The molecule has 1 aromatic heterocycles. The van der Waals surface area contributed by atoms with Crippen LogP contribution in [0, 0.1) is 0 Å². The summed E-state index contributed by atoms with van der Waals surface area (Å²) in [7, 11) is 1.86.